The highest BCUT2D eigenvalue weighted by molar-refractivity contribution is 6.01. The molecule has 0 saturated heterocycles. The monoisotopic (exact) mass is 376 g/mol. The lowest BCUT2D eigenvalue weighted by Crippen LogP contribution is -2.45. The lowest BCUT2D eigenvalue weighted by atomic mass is 10.0. The van der Waals surface area contributed by atoms with Crippen LogP contribution in [0, 0.1) is 12.7 Å². The number of rotatable bonds is 6. The number of amides is 2. The first-order valence-corrected chi connectivity index (χ1v) is 9.00. The van der Waals surface area contributed by atoms with Crippen molar-refractivity contribution in [1.29, 1.82) is 0 Å². The standard InChI is InChI=1S/C23H21FN2O2/c1-16-12-13-19(15-20(16)24)25-23(28)21(14-17-8-4-2-5-9-17)26-22(27)18-10-6-3-7-11-18/h2-13,15,21H,14H2,1H3,(H,25,28)(H,26,27). The highest BCUT2D eigenvalue weighted by atomic mass is 19.1. The average Bonchev–Trinajstić information content (AvgIpc) is 2.71. The van der Waals surface area contributed by atoms with Crippen molar-refractivity contribution in [2.75, 3.05) is 5.32 Å². The Bertz CT molecular complexity index is 959. The topological polar surface area (TPSA) is 58.2 Å². The minimum atomic E-state index is -0.806. The Morgan fingerprint density at radius 2 is 1.57 bits per heavy atom. The van der Waals surface area contributed by atoms with E-state index in [0.29, 0.717) is 23.2 Å². The van der Waals surface area contributed by atoms with Crippen LogP contribution in [-0.4, -0.2) is 17.9 Å². The van der Waals surface area contributed by atoms with Gasteiger partial charge in [0.25, 0.3) is 5.91 Å². The highest BCUT2D eigenvalue weighted by Crippen LogP contribution is 2.15. The zero-order chi connectivity index (χ0) is 19.9. The molecule has 1 atom stereocenters. The minimum absolute atomic E-state index is 0.319. The molecule has 0 spiro atoms. The molecule has 3 rings (SSSR count). The summed E-state index contributed by atoms with van der Waals surface area (Å²) in [6, 6.07) is 21.8. The molecule has 0 aromatic heterocycles. The van der Waals surface area contributed by atoms with Crippen LogP contribution in [-0.2, 0) is 11.2 Å². The van der Waals surface area contributed by atoms with Gasteiger partial charge in [0.05, 0.1) is 0 Å². The van der Waals surface area contributed by atoms with Crippen LogP contribution < -0.4 is 10.6 Å². The van der Waals surface area contributed by atoms with Gasteiger partial charge in [-0.25, -0.2) is 4.39 Å². The number of carbonyl (C=O) groups is 2. The van der Waals surface area contributed by atoms with Crippen molar-refractivity contribution in [3.05, 3.63) is 101 Å². The van der Waals surface area contributed by atoms with Crippen LogP contribution in [0.15, 0.2) is 78.9 Å². The van der Waals surface area contributed by atoms with E-state index in [1.807, 2.05) is 36.4 Å². The lowest BCUT2D eigenvalue weighted by molar-refractivity contribution is -0.118. The fourth-order valence-electron chi connectivity index (χ4n) is 2.79. The molecule has 5 heteroatoms. The molecule has 28 heavy (non-hydrogen) atoms. The number of aryl methyl sites for hydroxylation is 1. The van der Waals surface area contributed by atoms with Crippen molar-refractivity contribution in [3.8, 4) is 0 Å². The number of anilines is 1. The van der Waals surface area contributed by atoms with E-state index in [0.717, 1.165) is 5.56 Å². The van der Waals surface area contributed by atoms with Gasteiger partial charge in [0.15, 0.2) is 0 Å². The summed E-state index contributed by atoms with van der Waals surface area (Å²) in [5.74, 6) is -1.14. The molecular weight excluding hydrogens is 355 g/mol. The van der Waals surface area contributed by atoms with E-state index < -0.39 is 17.8 Å². The van der Waals surface area contributed by atoms with E-state index in [1.54, 1.807) is 43.3 Å². The number of benzene rings is 3. The summed E-state index contributed by atoms with van der Waals surface area (Å²) < 4.78 is 13.8. The second kappa shape index (κ2) is 8.95. The average molecular weight is 376 g/mol. The molecule has 0 aliphatic carbocycles. The molecule has 3 aromatic carbocycles. The number of carbonyl (C=O) groups excluding carboxylic acids is 2. The first kappa shape index (κ1) is 19.3. The van der Waals surface area contributed by atoms with Crippen molar-refractivity contribution >= 4 is 17.5 Å². The molecule has 2 N–H and O–H groups in total. The molecule has 0 bridgehead atoms. The van der Waals surface area contributed by atoms with Crippen molar-refractivity contribution in [2.45, 2.75) is 19.4 Å². The van der Waals surface area contributed by atoms with Crippen LogP contribution in [0.1, 0.15) is 21.5 Å². The molecule has 0 saturated carbocycles. The maximum absolute atomic E-state index is 13.8. The van der Waals surface area contributed by atoms with Crippen LogP contribution in [0.5, 0.6) is 0 Å². The Morgan fingerprint density at radius 1 is 0.929 bits per heavy atom. The second-order valence-electron chi connectivity index (χ2n) is 6.54. The molecule has 0 heterocycles. The summed E-state index contributed by atoms with van der Waals surface area (Å²) in [5, 5.41) is 5.48. The maximum Gasteiger partial charge on any atom is 0.251 e. The molecule has 142 valence electrons. The van der Waals surface area contributed by atoms with E-state index in [-0.39, 0.29) is 5.91 Å². The smallest absolute Gasteiger partial charge is 0.251 e. The fourth-order valence-corrected chi connectivity index (χ4v) is 2.79. The Labute approximate surface area is 163 Å². The van der Waals surface area contributed by atoms with Crippen molar-refractivity contribution in [2.24, 2.45) is 0 Å². The SMILES string of the molecule is Cc1ccc(NC(=O)C(Cc2ccccc2)NC(=O)c2ccccc2)cc1F. The highest BCUT2D eigenvalue weighted by Gasteiger charge is 2.22. The molecule has 0 fully saturated rings. The van der Waals surface area contributed by atoms with Crippen LogP contribution in [0.2, 0.25) is 0 Å². The first-order valence-electron chi connectivity index (χ1n) is 9.00. The molecule has 2 amide bonds. The molecule has 4 nitrogen and oxygen atoms in total. The van der Waals surface area contributed by atoms with Gasteiger partial charge >= 0.3 is 0 Å². The third-order valence-electron chi connectivity index (χ3n) is 4.38. The summed E-state index contributed by atoms with van der Waals surface area (Å²) in [7, 11) is 0. The second-order valence-corrected chi connectivity index (χ2v) is 6.54. The quantitative estimate of drug-likeness (QED) is 0.680. The van der Waals surface area contributed by atoms with Gasteiger partial charge in [-0.3, -0.25) is 9.59 Å². The summed E-state index contributed by atoms with van der Waals surface area (Å²) in [4.78, 5) is 25.4. The van der Waals surface area contributed by atoms with E-state index >= 15 is 0 Å². The van der Waals surface area contributed by atoms with Crippen molar-refractivity contribution < 1.29 is 14.0 Å². The number of nitrogens with one attached hydrogen (secondary N) is 2. The molecule has 3 aromatic rings. The van der Waals surface area contributed by atoms with Crippen LogP contribution >= 0.6 is 0 Å². The first-order chi connectivity index (χ1) is 13.5. The normalized spacial score (nSPS) is 11.5. The van der Waals surface area contributed by atoms with Gasteiger partial charge in [-0.1, -0.05) is 54.6 Å². The molecule has 0 aliphatic rings. The van der Waals surface area contributed by atoms with Gasteiger partial charge in [-0.05, 0) is 42.3 Å². The molecule has 1 unspecified atom stereocenters. The molecule has 0 radical (unpaired) electrons. The van der Waals surface area contributed by atoms with Crippen LogP contribution in [0.4, 0.5) is 10.1 Å². The van der Waals surface area contributed by atoms with E-state index in [1.165, 1.54) is 6.07 Å². The van der Waals surface area contributed by atoms with Gasteiger partial charge in [-0.15, -0.1) is 0 Å². The maximum atomic E-state index is 13.8. The van der Waals surface area contributed by atoms with Crippen molar-refractivity contribution in [3.63, 3.8) is 0 Å². The number of halogens is 1. The summed E-state index contributed by atoms with van der Waals surface area (Å²) >= 11 is 0. The van der Waals surface area contributed by atoms with Gasteiger partial charge < -0.3 is 10.6 Å². The zero-order valence-corrected chi connectivity index (χ0v) is 15.5. The minimum Gasteiger partial charge on any atom is -0.340 e. The van der Waals surface area contributed by atoms with E-state index in [2.05, 4.69) is 10.6 Å². The predicted molar refractivity (Wildman–Crippen MR) is 108 cm³/mol. The van der Waals surface area contributed by atoms with Gasteiger partial charge in [0, 0.05) is 17.7 Å². The Hall–Kier alpha value is -3.47. The van der Waals surface area contributed by atoms with Crippen molar-refractivity contribution in [1.82, 2.24) is 5.32 Å². The largest absolute Gasteiger partial charge is 0.340 e. The molecular formula is C23H21FN2O2. The van der Waals surface area contributed by atoms with Crippen LogP contribution in [0.25, 0.3) is 0 Å². The summed E-state index contributed by atoms with van der Waals surface area (Å²) in [5.41, 5.74) is 2.22. The lowest BCUT2D eigenvalue weighted by Gasteiger charge is -2.19. The Kier molecular flexibility index (Phi) is 6.17. The number of hydrogen-bond donors (Lipinski definition) is 2. The molecule has 0 aliphatic heterocycles. The Morgan fingerprint density at radius 3 is 2.21 bits per heavy atom. The van der Waals surface area contributed by atoms with Gasteiger partial charge in [-0.2, -0.15) is 0 Å². The summed E-state index contributed by atoms with van der Waals surface area (Å²) in [6.45, 7) is 1.65. The van der Waals surface area contributed by atoms with Gasteiger partial charge in [0.2, 0.25) is 5.91 Å². The van der Waals surface area contributed by atoms with E-state index in [4.69, 9.17) is 0 Å². The zero-order valence-electron chi connectivity index (χ0n) is 15.5. The third-order valence-corrected chi connectivity index (χ3v) is 4.38. The Balaban J connectivity index is 1.79. The predicted octanol–water partition coefficient (Wildman–Crippen LogP) is 4.11. The number of hydrogen-bond acceptors (Lipinski definition) is 2. The third kappa shape index (κ3) is 5.04. The van der Waals surface area contributed by atoms with Gasteiger partial charge in [0.1, 0.15) is 11.9 Å². The van der Waals surface area contributed by atoms with Crippen LogP contribution in [0.3, 0.4) is 0 Å². The van der Waals surface area contributed by atoms with E-state index in [9.17, 15) is 14.0 Å². The fraction of sp³-hybridized carbons (Fsp3) is 0.130. The summed E-state index contributed by atoms with van der Waals surface area (Å²) in [6.07, 6.45) is 0.319.